The molecule has 0 aromatic rings. The van der Waals surface area contributed by atoms with E-state index in [-0.39, 0.29) is 0 Å². The number of ether oxygens (including phenoxy) is 1. The predicted molar refractivity (Wildman–Crippen MR) is 49.9 cm³/mol. The monoisotopic (exact) mass is 183 g/mol. The molecule has 1 unspecified atom stereocenters. The Hall–Kier alpha value is -1.04. The van der Waals surface area contributed by atoms with Gasteiger partial charge in [-0.3, -0.25) is 0 Å². The van der Waals surface area contributed by atoms with E-state index in [0.717, 1.165) is 25.7 Å². The fourth-order valence-electron chi connectivity index (χ4n) is 1.12. The quantitative estimate of drug-likeness (QED) is 0.469. The summed E-state index contributed by atoms with van der Waals surface area (Å²) in [4.78, 5) is 10.5. The van der Waals surface area contributed by atoms with Gasteiger partial charge in [-0.1, -0.05) is 33.1 Å². The SMILES string of the molecule is CCCCC(CC)COC(=O)C#N. The van der Waals surface area contributed by atoms with Crippen LogP contribution in [-0.2, 0) is 9.53 Å². The number of nitrogens with zero attached hydrogens (tertiary/aromatic N) is 1. The van der Waals surface area contributed by atoms with Crippen LogP contribution in [0.1, 0.15) is 39.5 Å². The number of rotatable bonds is 6. The van der Waals surface area contributed by atoms with Crippen LogP contribution >= 0.6 is 0 Å². The minimum atomic E-state index is -0.769. The van der Waals surface area contributed by atoms with Crippen LogP contribution in [0.25, 0.3) is 0 Å². The van der Waals surface area contributed by atoms with Crippen LogP contribution < -0.4 is 0 Å². The Morgan fingerprint density at radius 2 is 2.23 bits per heavy atom. The van der Waals surface area contributed by atoms with Crippen LogP contribution in [0.3, 0.4) is 0 Å². The Morgan fingerprint density at radius 1 is 1.54 bits per heavy atom. The summed E-state index contributed by atoms with van der Waals surface area (Å²) < 4.78 is 4.74. The minimum absolute atomic E-state index is 0.392. The summed E-state index contributed by atoms with van der Waals surface area (Å²) in [6.07, 6.45) is 4.38. The number of carbonyl (C=O) groups is 1. The summed E-state index contributed by atoms with van der Waals surface area (Å²) in [5, 5.41) is 8.17. The summed E-state index contributed by atoms with van der Waals surface area (Å²) >= 11 is 0. The summed E-state index contributed by atoms with van der Waals surface area (Å²) in [6, 6.07) is 1.44. The van der Waals surface area contributed by atoms with Crippen molar-refractivity contribution in [3.8, 4) is 6.07 Å². The maximum atomic E-state index is 10.5. The van der Waals surface area contributed by atoms with Crippen LogP contribution in [0.15, 0.2) is 0 Å². The van der Waals surface area contributed by atoms with Crippen molar-refractivity contribution >= 4 is 5.97 Å². The molecule has 3 heteroatoms. The van der Waals surface area contributed by atoms with E-state index < -0.39 is 5.97 Å². The van der Waals surface area contributed by atoms with Crippen LogP contribution in [0, 0.1) is 17.2 Å². The highest BCUT2D eigenvalue weighted by Gasteiger charge is 2.08. The average molecular weight is 183 g/mol. The van der Waals surface area contributed by atoms with Gasteiger partial charge in [0.2, 0.25) is 0 Å². The molecule has 0 N–H and O–H groups in total. The lowest BCUT2D eigenvalue weighted by Gasteiger charge is -2.12. The lowest BCUT2D eigenvalue weighted by atomic mass is 10.0. The first-order valence-electron chi connectivity index (χ1n) is 4.81. The second kappa shape index (κ2) is 7.60. The van der Waals surface area contributed by atoms with E-state index in [1.165, 1.54) is 6.07 Å². The molecule has 0 rings (SSSR count). The van der Waals surface area contributed by atoms with Gasteiger partial charge in [-0.05, 0) is 12.3 Å². The van der Waals surface area contributed by atoms with Crippen LogP contribution in [-0.4, -0.2) is 12.6 Å². The first-order chi connectivity index (χ1) is 6.24. The molecule has 0 aromatic carbocycles. The molecule has 0 bridgehead atoms. The molecule has 0 saturated carbocycles. The van der Waals surface area contributed by atoms with Gasteiger partial charge in [0.25, 0.3) is 0 Å². The van der Waals surface area contributed by atoms with Crippen molar-refractivity contribution in [2.45, 2.75) is 39.5 Å². The van der Waals surface area contributed by atoms with Crippen LogP contribution in [0.5, 0.6) is 0 Å². The van der Waals surface area contributed by atoms with E-state index in [1.807, 2.05) is 0 Å². The van der Waals surface area contributed by atoms with Crippen molar-refractivity contribution in [2.24, 2.45) is 5.92 Å². The topological polar surface area (TPSA) is 50.1 Å². The number of hydrogen-bond acceptors (Lipinski definition) is 3. The second-order valence-electron chi connectivity index (χ2n) is 3.13. The van der Waals surface area contributed by atoms with E-state index in [2.05, 4.69) is 13.8 Å². The molecular formula is C10H17NO2. The standard InChI is InChI=1S/C10H17NO2/c1-3-5-6-9(4-2)8-13-10(12)7-11/h9H,3-6,8H2,1-2H3. The molecule has 0 saturated heterocycles. The molecule has 0 heterocycles. The molecule has 1 atom stereocenters. The fourth-order valence-corrected chi connectivity index (χ4v) is 1.12. The Bertz CT molecular complexity index is 184. The van der Waals surface area contributed by atoms with Gasteiger partial charge in [0.15, 0.2) is 6.07 Å². The Kier molecular flexibility index (Phi) is 6.99. The van der Waals surface area contributed by atoms with Crippen LogP contribution in [0.4, 0.5) is 0 Å². The summed E-state index contributed by atoms with van der Waals surface area (Å²) in [6.45, 7) is 4.59. The Morgan fingerprint density at radius 3 is 2.69 bits per heavy atom. The number of hydrogen-bond donors (Lipinski definition) is 0. The first kappa shape index (κ1) is 12.0. The number of unbranched alkanes of at least 4 members (excludes halogenated alkanes) is 1. The summed E-state index contributed by atoms with van der Waals surface area (Å²) in [5.74, 6) is -0.354. The number of nitriles is 1. The molecule has 0 aliphatic rings. The molecule has 0 spiro atoms. The van der Waals surface area contributed by atoms with Crippen molar-refractivity contribution in [3.63, 3.8) is 0 Å². The molecule has 0 amide bonds. The lowest BCUT2D eigenvalue weighted by molar-refractivity contribution is -0.138. The molecule has 0 fully saturated rings. The Balaban J connectivity index is 3.60. The van der Waals surface area contributed by atoms with E-state index in [1.54, 1.807) is 0 Å². The third-order valence-electron chi connectivity index (χ3n) is 2.08. The third kappa shape index (κ3) is 6.15. The molecule has 3 nitrogen and oxygen atoms in total. The number of carbonyl (C=O) groups excluding carboxylic acids is 1. The molecule has 0 radical (unpaired) electrons. The van der Waals surface area contributed by atoms with Gasteiger partial charge in [-0.2, -0.15) is 5.26 Å². The molecule has 0 aliphatic carbocycles. The van der Waals surface area contributed by atoms with E-state index in [0.29, 0.717) is 12.5 Å². The van der Waals surface area contributed by atoms with Crippen molar-refractivity contribution in [1.29, 1.82) is 5.26 Å². The minimum Gasteiger partial charge on any atom is -0.454 e. The second-order valence-corrected chi connectivity index (χ2v) is 3.13. The largest absolute Gasteiger partial charge is 0.454 e. The van der Waals surface area contributed by atoms with Gasteiger partial charge in [0, 0.05) is 0 Å². The van der Waals surface area contributed by atoms with Gasteiger partial charge >= 0.3 is 5.97 Å². The van der Waals surface area contributed by atoms with E-state index in [4.69, 9.17) is 10.00 Å². The maximum Gasteiger partial charge on any atom is 0.411 e. The maximum absolute atomic E-state index is 10.5. The zero-order valence-corrected chi connectivity index (χ0v) is 8.38. The highest BCUT2D eigenvalue weighted by atomic mass is 16.5. The highest BCUT2D eigenvalue weighted by molar-refractivity contribution is 5.85. The smallest absolute Gasteiger partial charge is 0.411 e. The zero-order valence-electron chi connectivity index (χ0n) is 8.38. The summed E-state index contributed by atoms with van der Waals surface area (Å²) in [5.41, 5.74) is 0. The zero-order chi connectivity index (χ0) is 10.1. The first-order valence-corrected chi connectivity index (χ1v) is 4.81. The van der Waals surface area contributed by atoms with Gasteiger partial charge in [-0.25, -0.2) is 4.79 Å². The van der Waals surface area contributed by atoms with Gasteiger partial charge in [0.1, 0.15) is 0 Å². The number of esters is 1. The van der Waals surface area contributed by atoms with Crippen molar-refractivity contribution < 1.29 is 9.53 Å². The Labute approximate surface area is 79.7 Å². The fraction of sp³-hybridized carbons (Fsp3) is 0.800. The molecular weight excluding hydrogens is 166 g/mol. The summed E-state index contributed by atoms with van der Waals surface area (Å²) in [7, 11) is 0. The van der Waals surface area contributed by atoms with Crippen molar-refractivity contribution in [2.75, 3.05) is 6.61 Å². The third-order valence-corrected chi connectivity index (χ3v) is 2.08. The normalized spacial score (nSPS) is 11.8. The van der Waals surface area contributed by atoms with Crippen LogP contribution in [0.2, 0.25) is 0 Å². The van der Waals surface area contributed by atoms with Gasteiger partial charge in [-0.15, -0.1) is 0 Å². The lowest BCUT2D eigenvalue weighted by Crippen LogP contribution is -2.12. The molecule has 0 aliphatic heterocycles. The van der Waals surface area contributed by atoms with Gasteiger partial charge < -0.3 is 4.74 Å². The van der Waals surface area contributed by atoms with E-state index >= 15 is 0 Å². The van der Waals surface area contributed by atoms with Gasteiger partial charge in [0.05, 0.1) is 6.61 Å². The molecule has 0 aromatic heterocycles. The molecule has 74 valence electrons. The van der Waals surface area contributed by atoms with E-state index in [9.17, 15) is 4.79 Å². The van der Waals surface area contributed by atoms with Crippen molar-refractivity contribution in [1.82, 2.24) is 0 Å². The van der Waals surface area contributed by atoms with Crippen molar-refractivity contribution in [3.05, 3.63) is 0 Å². The highest BCUT2D eigenvalue weighted by Crippen LogP contribution is 2.12. The molecule has 13 heavy (non-hydrogen) atoms. The average Bonchev–Trinajstić information content (AvgIpc) is 2.17. The predicted octanol–water partition coefficient (Wildman–Crippen LogP) is 2.27.